The Morgan fingerprint density at radius 1 is 1.46 bits per heavy atom. The Morgan fingerprint density at radius 2 is 2.15 bits per heavy atom. The number of carbonyl (C=O) groups is 1. The Morgan fingerprint density at radius 3 is 2.77 bits per heavy atom. The molecule has 0 saturated heterocycles. The molecule has 0 radical (unpaired) electrons. The molecule has 0 aromatic rings. The Balaban J connectivity index is 2.22. The number of hydrogen-bond donors (Lipinski definition) is 1. The van der Waals surface area contributed by atoms with Crippen LogP contribution in [0.3, 0.4) is 0 Å². The van der Waals surface area contributed by atoms with Crippen molar-refractivity contribution in [2.45, 2.75) is 44.6 Å². The highest BCUT2D eigenvalue weighted by molar-refractivity contribution is 5.69. The summed E-state index contributed by atoms with van der Waals surface area (Å²) >= 11 is 0. The van der Waals surface area contributed by atoms with Gasteiger partial charge in [0.05, 0.1) is 7.11 Å². The van der Waals surface area contributed by atoms with Crippen molar-refractivity contribution in [3.8, 4) is 0 Å². The molecule has 13 heavy (non-hydrogen) atoms. The molecule has 3 heteroatoms. The predicted octanol–water partition coefficient (Wildman–Crippen LogP) is 1.46. The minimum absolute atomic E-state index is 0.113. The van der Waals surface area contributed by atoms with Crippen LogP contribution in [0.1, 0.15) is 38.5 Å². The summed E-state index contributed by atoms with van der Waals surface area (Å²) in [6.45, 7) is 0. The zero-order valence-corrected chi connectivity index (χ0v) is 8.29. The lowest BCUT2D eigenvalue weighted by molar-refractivity contribution is -0.141. The molecule has 1 rings (SSSR count). The van der Waals surface area contributed by atoms with Crippen LogP contribution in [-0.4, -0.2) is 19.1 Å². The molecule has 0 amide bonds. The molecule has 0 bridgehead atoms. The van der Waals surface area contributed by atoms with E-state index in [1.54, 1.807) is 0 Å². The van der Waals surface area contributed by atoms with E-state index < -0.39 is 0 Å². The molecule has 1 saturated carbocycles. The molecular weight excluding hydrogens is 166 g/mol. The van der Waals surface area contributed by atoms with E-state index in [4.69, 9.17) is 5.73 Å². The monoisotopic (exact) mass is 185 g/mol. The fraction of sp³-hybridized carbons (Fsp3) is 0.900. The lowest BCUT2D eigenvalue weighted by Crippen LogP contribution is -2.33. The lowest BCUT2D eigenvalue weighted by Gasteiger charge is -2.28. The normalized spacial score (nSPS) is 28.5. The van der Waals surface area contributed by atoms with Crippen molar-refractivity contribution in [1.82, 2.24) is 0 Å². The third kappa shape index (κ3) is 3.35. The summed E-state index contributed by atoms with van der Waals surface area (Å²) in [6, 6.07) is 0.304. The molecule has 1 aliphatic rings. The van der Waals surface area contributed by atoms with Gasteiger partial charge in [-0.25, -0.2) is 0 Å². The van der Waals surface area contributed by atoms with Gasteiger partial charge in [-0.2, -0.15) is 0 Å². The summed E-state index contributed by atoms with van der Waals surface area (Å²) in [5, 5.41) is 0. The number of esters is 1. The molecule has 0 aliphatic heterocycles. The molecule has 76 valence electrons. The fourth-order valence-electron chi connectivity index (χ4n) is 2.00. The highest BCUT2D eigenvalue weighted by atomic mass is 16.5. The quantitative estimate of drug-likeness (QED) is 0.677. The maximum Gasteiger partial charge on any atom is 0.305 e. The van der Waals surface area contributed by atoms with Crippen LogP contribution in [0.5, 0.6) is 0 Å². The molecule has 3 nitrogen and oxygen atoms in total. The van der Waals surface area contributed by atoms with E-state index in [9.17, 15) is 4.79 Å². The second kappa shape index (κ2) is 5.22. The highest BCUT2D eigenvalue weighted by Gasteiger charge is 2.22. The van der Waals surface area contributed by atoms with Crippen molar-refractivity contribution in [2.75, 3.05) is 7.11 Å². The van der Waals surface area contributed by atoms with Gasteiger partial charge in [0.15, 0.2) is 0 Å². The van der Waals surface area contributed by atoms with Crippen LogP contribution in [0.4, 0.5) is 0 Å². The molecule has 2 atom stereocenters. The Hall–Kier alpha value is -0.570. The standard InChI is InChI=1S/C10H19NO2/c1-13-10(12)7-6-8-4-2-3-5-9(8)11/h8-9H,2-7,11H2,1H3/t8-,9+/m0/s1. The van der Waals surface area contributed by atoms with E-state index in [0.29, 0.717) is 18.4 Å². The summed E-state index contributed by atoms with van der Waals surface area (Å²) in [6.07, 6.45) is 6.22. The fourth-order valence-corrected chi connectivity index (χ4v) is 2.00. The minimum atomic E-state index is -0.113. The van der Waals surface area contributed by atoms with Gasteiger partial charge in [-0.1, -0.05) is 12.8 Å². The molecule has 0 unspecified atom stereocenters. The molecule has 0 aromatic heterocycles. The summed E-state index contributed by atoms with van der Waals surface area (Å²) < 4.78 is 4.60. The van der Waals surface area contributed by atoms with Crippen LogP contribution < -0.4 is 5.73 Å². The van der Waals surface area contributed by atoms with Gasteiger partial charge in [-0.15, -0.1) is 0 Å². The Kier molecular flexibility index (Phi) is 4.22. The number of methoxy groups -OCH3 is 1. The van der Waals surface area contributed by atoms with E-state index in [1.165, 1.54) is 26.4 Å². The minimum Gasteiger partial charge on any atom is -0.469 e. The van der Waals surface area contributed by atoms with Gasteiger partial charge in [0.2, 0.25) is 0 Å². The number of nitrogens with two attached hydrogens (primary N) is 1. The predicted molar refractivity (Wildman–Crippen MR) is 51.2 cm³/mol. The molecule has 1 aliphatic carbocycles. The van der Waals surface area contributed by atoms with Gasteiger partial charge in [-0.05, 0) is 25.2 Å². The van der Waals surface area contributed by atoms with Crippen LogP contribution in [0.25, 0.3) is 0 Å². The van der Waals surface area contributed by atoms with E-state index >= 15 is 0 Å². The second-order valence-corrected chi connectivity index (χ2v) is 3.82. The number of carbonyl (C=O) groups excluding carboxylic acids is 1. The van der Waals surface area contributed by atoms with Crippen molar-refractivity contribution < 1.29 is 9.53 Å². The average Bonchev–Trinajstić information content (AvgIpc) is 2.16. The van der Waals surface area contributed by atoms with E-state index in [0.717, 1.165) is 12.8 Å². The first-order valence-corrected chi connectivity index (χ1v) is 5.06. The number of hydrogen-bond acceptors (Lipinski definition) is 3. The van der Waals surface area contributed by atoms with Gasteiger partial charge < -0.3 is 10.5 Å². The van der Waals surface area contributed by atoms with Crippen LogP contribution >= 0.6 is 0 Å². The largest absolute Gasteiger partial charge is 0.469 e. The van der Waals surface area contributed by atoms with Crippen molar-refractivity contribution in [3.05, 3.63) is 0 Å². The zero-order chi connectivity index (χ0) is 9.68. The smallest absolute Gasteiger partial charge is 0.305 e. The van der Waals surface area contributed by atoms with Crippen LogP contribution in [0.15, 0.2) is 0 Å². The van der Waals surface area contributed by atoms with Crippen LogP contribution in [0.2, 0.25) is 0 Å². The van der Waals surface area contributed by atoms with Crippen molar-refractivity contribution in [2.24, 2.45) is 11.7 Å². The molecule has 1 fully saturated rings. The van der Waals surface area contributed by atoms with E-state index in [-0.39, 0.29) is 5.97 Å². The summed E-state index contributed by atoms with van der Waals surface area (Å²) in [5.41, 5.74) is 5.95. The highest BCUT2D eigenvalue weighted by Crippen LogP contribution is 2.26. The van der Waals surface area contributed by atoms with Crippen molar-refractivity contribution >= 4 is 5.97 Å². The Labute approximate surface area is 79.6 Å². The molecule has 2 N–H and O–H groups in total. The molecular formula is C10H19NO2. The Bertz CT molecular complexity index is 170. The van der Waals surface area contributed by atoms with Crippen LogP contribution in [-0.2, 0) is 9.53 Å². The maximum atomic E-state index is 10.9. The van der Waals surface area contributed by atoms with E-state index in [2.05, 4.69) is 4.74 Å². The molecule has 0 aromatic carbocycles. The summed E-state index contributed by atoms with van der Waals surface area (Å²) in [5.74, 6) is 0.422. The third-order valence-corrected chi connectivity index (χ3v) is 2.91. The maximum absolute atomic E-state index is 10.9. The second-order valence-electron chi connectivity index (χ2n) is 3.82. The average molecular weight is 185 g/mol. The van der Waals surface area contributed by atoms with Crippen LogP contribution in [0, 0.1) is 5.92 Å². The molecule has 0 heterocycles. The third-order valence-electron chi connectivity index (χ3n) is 2.91. The molecule has 0 spiro atoms. The van der Waals surface area contributed by atoms with Gasteiger partial charge in [0.1, 0.15) is 0 Å². The van der Waals surface area contributed by atoms with Crippen molar-refractivity contribution in [1.29, 1.82) is 0 Å². The first-order valence-electron chi connectivity index (χ1n) is 5.06. The van der Waals surface area contributed by atoms with Gasteiger partial charge >= 0.3 is 5.97 Å². The summed E-state index contributed by atoms with van der Waals surface area (Å²) in [4.78, 5) is 10.9. The van der Waals surface area contributed by atoms with Gasteiger partial charge in [0.25, 0.3) is 0 Å². The zero-order valence-electron chi connectivity index (χ0n) is 8.29. The first-order chi connectivity index (χ1) is 6.24. The lowest BCUT2D eigenvalue weighted by atomic mass is 9.82. The van der Waals surface area contributed by atoms with E-state index in [1.807, 2.05) is 0 Å². The summed E-state index contributed by atoms with van der Waals surface area (Å²) in [7, 11) is 1.43. The van der Waals surface area contributed by atoms with Gasteiger partial charge in [-0.3, -0.25) is 4.79 Å². The topological polar surface area (TPSA) is 52.3 Å². The first kappa shape index (κ1) is 10.5. The van der Waals surface area contributed by atoms with Gasteiger partial charge in [0, 0.05) is 12.5 Å². The van der Waals surface area contributed by atoms with Crippen molar-refractivity contribution in [3.63, 3.8) is 0 Å². The number of rotatable bonds is 3. The number of ether oxygens (including phenoxy) is 1. The SMILES string of the molecule is COC(=O)CC[C@@H]1CCCC[C@H]1N.